The molecule has 2 amide bonds. The van der Waals surface area contributed by atoms with Gasteiger partial charge < -0.3 is 15.8 Å². The van der Waals surface area contributed by atoms with E-state index in [1.54, 1.807) is 29.9 Å². The summed E-state index contributed by atoms with van der Waals surface area (Å²) < 4.78 is 7.53. The fourth-order valence-electron chi connectivity index (χ4n) is 4.70. The van der Waals surface area contributed by atoms with Crippen molar-refractivity contribution in [3.05, 3.63) is 89.8 Å². The smallest absolute Gasteiger partial charge is 0.324 e. The van der Waals surface area contributed by atoms with E-state index in [-0.39, 0.29) is 11.4 Å². The van der Waals surface area contributed by atoms with Crippen molar-refractivity contribution in [2.45, 2.75) is 52.4 Å². The Kier molecular flexibility index (Phi) is 8.33. The number of aliphatic imine (C=N–C) groups is 2. The number of aromatic nitrogens is 4. The van der Waals surface area contributed by atoms with Gasteiger partial charge in [-0.05, 0) is 73.9 Å². The molecule has 4 aromatic rings. The minimum Gasteiger partial charge on any atom is -0.424 e. The number of nitrogen functional groups attached to an aromatic ring is 1. The number of hydrogen-bond donors (Lipinski definition) is 3. The molecule has 4 N–H and O–H groups in total. The molecule has 11 heteroatoms. The second-order valence-electron chi connectivity index (χ2n) is 11.3. The fraction of sp³-hybridized carbons (Fsp3) is 0.250. The van der Waals surface area contributed by atoms with Crippen molar-refractivity contribution in [2.75, 3.05) is 11.1 Å². The monoisotopic (exact) mass is 577 g/mol. The van der Waals surface area contributed by atoms with Crippen molar-refractivity contribution in [2.24, 2.45) is 9.98 Å². The molecule has 1 aliphatic carbocycles. The first-order valence-electron chi connectivity index (χ1n) is 14.0. The van der Waals surface area contributed by atoms with Crippen LogP contribution in [-0.2, 0) is 18.3 Å². The summed E-state index contributed by atoms with van der Waals surface area (Å²) in [4.78, 5) is 29.1. The number of nitrogens with one attached hydrogen (secondary N) is 2. The number of allylic oxidation sites excluding steroid dienone is 1. The summed E-state index contributed by atoms with van der Waals surface area (Å²) >= 11 is 0. The lowest BCUT2D eigenvalue weighted by Gasteiger charge is -2.14. The molecule has 0 spiro atoms. The Hall–Kier alpha value is -5.32. The summed E-state index contributed by atoms with van der Waals surface area (Å²) in [7, 11) is 0. The zero-order chi connectivity index (χ0) is 30.6. The number of carbonyl (C=O) groups excluding carboxylic acids is 1. The molecular formula is C32H35N9O2. The molecule has 0 saturated heterocycles. The van der Waals surface area contributed by atoms with Crippen LogP contribution < -0.4 is 21.1 Å². The molecule has 0 fully saturated rings. The molecule has 43 heavy (non-hydrogen) atoms. The first-order chi connectivity index (χ1) is 20.6. The molecule has 0 atom stereocenters. The molecule has 2 aromatic carbocycles. The van der Waals surface area contributed by atoms with Gasteiger partial charge in [-0.3, -0.25) is 5.32 Å². The average Bonchev–Trinajstić information content (AvgIpc) is 3.63. The number of amidine groups is 1. The first kappa shape index (κ1) is 29.2. The molecule has 220 valence electrons. The largest absolute Gasteiger partial charge is 0.424 e. The van der Waals surface area contributed by atoms with E-state index in [1.807, 2.05) is 18.2 Å². The third-order valence-corrected chi connectivity index (χ3v) is 6.98. The van der Waals surface area contributed by atoms with Crippen molar-refractivity contribution < 1.29 is 9.53 Å². The summed E-state index contributed by atoms with van der Waals surface area (Å²) in [5, 5.41) is 10.6. The number of hydrogen-bond acceptors (Lipinski definition) is 7. The first-order valence-corrected chi connectivity index (χ1v) is 14.0. The van der Waals surface area contributed by atoms with Crippen molar-refractivity contribution >= 4 is 30.4 Å². The number of amides is 2. The van der Waals surface area contributed by atoms with Crippen LogP contribution in [-0.4, -0.2) is 38.5 Å². The Morgan fingerprint density at radius 1 is 1.12 bits per heavy atom. The molecule has 0 bridgehead atoms. The maximum absolute atomic E-state index is 13.0. The third kappa shape index (κ3) is 6.95. The Balaban J connectivity index is 1.26. The number of benzene rings is 2. The van der Waals surface area contributed by atoms with E-state index in [9.17, 15) is 4.79 Å². The number of ether oxygens (including phenoxy) is 1. The molecule has 0 aliphatic heterocycles. The van der Waals surface area contributed by atoms with Gasteiger partial charge in [0.25, 0.3) is 0 Å². The van der Waals surface area contributed by atoms with Gasteiger partial charge in [-0.1, -0.05) is 39.0 Å². The van der Waals surface area contributed by atoms with Crippen molar-refractivity contribution in [1.29, 1.82) is 0 Å². The lowest BCUT2D eigenvalue weighted by atomic mass is 9.92. The molecule has 5 rings (SSSR count). The zero-order valence-electron chi connectivity index (χ0n) is 24.8. The van der Waals surface area contributed by atoms with Crippen LogP contribution >= 0.6 is 0 Å². The van der Waals surface area contributed by atoms with Crippen LogP contribution in [0, 0.1) is 0 Å². The molecule has 0 radical (unpaired) electrons. The minimum atomic E-state index is -0.430. The van der Waals surface area contributed by atoms with E-state index in [1.165, 1.54) is 23.7 Å². The number of nitrogens with zero attached hydrogens (tertiary/aromatic N) is 6. The van der Waals surface area contributed by atoms with Gasteiger partial charge in [0.05, 0.1) is 17.6 Å². The van der Waals surface area contributed by atoms with E-state index in [0.717, 1.165) is 41.8 Å². The van der Waals surface area contributed by atoms with Gasteiger partial charge in [0.15, 0.2) is 0 Å². The molecule has 0 saturated carbocycles. The summed E-state index contributed by atoms with van der Waals surface area (Å²) in [6, 6.07) is 15.0. The highest BCUT2D eigenvalue weighted by Crippen LogP contribution is 2.29. The second-order valence-corrected chi connectivity index (χ2v) is 11.3. The number of aryl methyl sites for hydroxylation is 2. The number of rotatable bonds is 6. The number of fused-ring (bicyclic) bond motifs is 1. The predicted octanol–water partition coefficient (Wildman–Crippen LogP) is 5.82. The Morgan fingerprint density at radius 3 is 2.60 bits per heavy atom. The Morgan fingerprint density at radius 2 is 1.88 bits per heavy atom. The third-order valence-electron chi connectivity index (χ3n) is 6.98. The van der Waals surface area contributed by atoms with Gasteiger partial charge in [0.2, 0.25) is 0 Å². The van der Waals surface area contributed by atoms with Crippen LogP contribution in [0.3, 0.4) is 0 Å². The van der Waals surface area contributed by atoms with E-state index in [4.69, 9.17) is 15.6 Å². The number of urea groups is 1. The highest BCUT2D eigenvalue weighted by molar-refractivity contribution is 5.90. The molecule has 0 unspecified atom stereocenters. The highest BCUT2D eigenvalue weighted by atomic mass is 16.5. The number of carbonyl (C=O) groups is 1. The van der Waals surface area contributed by atoms with E-state index in [0.29, 0.717) is 23.1 Å². The Labute approximate surface area is 250 Å². The quantitative estimate of drug-likeness (QED) is 0.195. The van der Waals surface area contributed by atoms with Crippen LogP contribution in [0.25, 0.3) is 16.8 Å². The van der Waals surface area contributed by atoms with Crippen molar-refractivity contribution in [3.63, 3.8) is 0 Å². The fourth-order valence-corrected chi connectivity index (χ4v) is 4.70. The van der Waals surface area contributed by atoms with Gasteiger partial charge in [-0.2, -0.15) is 5.10 Å². The number of nitrogens with two attached hydrogens (primary N) is 1. The van der Waals surface area contributed by atoms with Gasteiger partial charge in [-0.15, -0.1) is 0 Å². The maximum Gasteiger partial charge on any atom is 0.324 e. The molecule has 2 heterocycles. The summed E-state index contributed by atoms with van der Waals surface area (Å²) in [5.41, 5.74) is 12.3. The summed E-state index contributed by atoms with van der Waals surface area (Å²) in [6.45, 7) is 11.5. The second kappa shape index (κ2) is 12.3. The molecule has 2 aromatic heterocycles. The highest BCUT2D eigenvalue weighted by Gasteiger charge is 2.22. The summed E-state index contributed by atoms with van der Waals surface area (Å²) in [6.07, 6.45) is 7.81. The van der Waals surface area contributed by atoms with Crippen LogP contribution in [0.1, 0.15) is 50.9 Å². The van der Waals surface area contributed by atoms with Gasteiger partial charge >= 0.3 is 12.1 Å². The van der Waals surface area contributed by atoms with Crippen LogP contribution in [0.2, 0.25) is 0 Å². The predicted molar refractivity (Wildman–Crippen MR) is 170 cm³/mol. The van der Waals surface area contributed by atoms with Crippen LogP contribution in [0.4, 0.5) is 16.4 Å². The van der Waals surface area contributed by atoms with E-state index < -0.39 is 6.03 Å². The Bertz CT molecular complexity index is 1710. The standard InChI is InChI=1S/C32H35N9O2/c1-20(17-36-31(34-5)43-25-13-10-22(11-14-25)26-18-35-19-37-29(26)33)38-30(42)39-28-16-27(32(2,3)4)40-41(28)24-12-9-21-7-6-8-23(21)15-24/h9-19H,5-8H2,1-4H3,(H2,33,35,37)(H2,38,39,42)/b20-17+,36-31+. The van der Waals surface area contributed by atoms with Crippen molar-refractivity contribution in [3.8, 4) is 22.6 Å². The number of anilines is 2. The lowest BCUT2D eigenvalue weighted by Crippen LogP contribution is -2.28. The van der Waals surface area contributed by atoms with Gasteiger partial charge in [-0.25, -0.2) is 29.4 Å². The average molecular weight is 578 g/mol. The van der Waals surface area contributed by atoms with E-state index in [2.05, 4.69) is 76.3 Å². The van der Waals surface area contributed by atoms with E-state index >= 15 is 0 Å². The van der Waals surface area contributed by atoms with Crippen LogP contribution in [0.15, 0.2) is 82.9 Å². The lowest BCUT2D eigenvalue weighted by molar-refractivity contribution is 0.254. The topological polar surface area (TPSA) is 145 Å². The minimum absolute atomic E-state index is 0.0152. The van der Waals surface area contributed by atoms with Gasteiger partial charge in [0, 0.05) is 28.9 Å². The SMILES string of the molecule is C=N/C(=N\C=C(/C)NC(=O)Nc1cc(C(C)(C)C)nn1-c1ccc2c(c1)CCC2)Oc1ccc(-c2cncnc2N)cc1. The van der Waals surface area contributed by atoms with Gasteiger partial charge in [0.1, 0.15) is 23.7 Å². The molecule has 1 aliphatic rings. The van der Waals surface area contributed by atoms with Crippen LogP contribution in [0.5, 0.6) is 5.75 Å². The zero-order valence-corrected chi connectivity index (χ0v) is 24.8. The van der Waals surface area contributed by atoms with Crippen molar-refractivity contribution in [1.82, 2.24) is 25.1 Å². The molecular weight excluding hydrogens is 542 g/mol. The summed E-state index contributed by atoms with van der Waals surface area (Å²) in [5.74, 6) is 1.45. The maximum atomic E-state index is 13.0. The normalized spacial score (nSPS) is 13.4. The molecule has 11 nitrogen and oxygen atoms in total.